The van der Waals surface area contributed by atoms with E-state index in [4.69, 9.17) is 4.74 Å². The summed E-state index contributed by atoms with van der Waals surface area (Å²) < 4.78 is 46.7. The summed E-state index contributed by atoms with van der Waals surface area (Å²) in [5.74, 6) is -0.819. The van der Waals surface area contributed by atoms with E-state index in [1.165, 1.54) is 31.1 Å². The van der Waals surface area contributed by atoms with Gasteiger partial charge in [-0.2, -0.15) is 12.7 Å². The lowest BCUT2D eigenvalue weighted by Crippen LogP contribution is -2.52. The van der Waals surface area contributed by atoms with Crippen LogP contribution in [0.4, 0.5) is 10.1 Å². The summed E-state index contributed by atoms with van der Waals surface area (Å²) in [7, 11) is 0.130. The third kappa shape index (κ3) is 7.66. The molecule has 0 fully saturated rings. The van der Waals surface area contributed by atoms with Gasteiger partial charge < -0.3 is 15.0 Å². The number of methoxy groups -OCH3 is 1. The van der Waals surface area contributed by atoms with Crippen LogP contribution in [0.1, 0.15) is 32.3 Å². The number of amides is 2. The molecule has 2 aromatic rings. The molecule has 0 aliphatic carbocycles. The monoisotopic (exact) mass is 522 g/mol. The maximum atomic E-state index is 13.6. The fourth-order valence-corrected chi connectivity index (χ4v) is 4.43. The predicted octanol–water partition coefficient (Wildman–Crippen LogP) is 2.78. The van der Waals surface area contributed by atoms with E-state index in [-0.39, 0.29) is 18.1 Å². The van der Waals surface area contributed by atoms with Crippen LogP contribution in [0.25, 0.3) is 0 Å². The van der Waals surface area contributed by atoms with Gasteiger partial charge in [0.05, 0.1) is 12.8 Å². The predicted molar refractivity (Wildman–Crippen MR) is 137 cm³/mol. The number of anilines is 1. The first-order valence-corrected chi connectivity index (χ1v) is 13.1. The van der Waals surface area contributed by atoms with Gasteiger partial charge in [0, 0.05) is 27.2 Å². The first kappa shape index (κ1) is 29.1. The van der Waals surface area contributed by atoms with Crippen LogP contribution >= 0.6 is 0 Å². The molecule has 0 aliphatic heterocycles. The molecule has 2 aromatic carbocycles. The molecule has 0 radical (unpaired) electrons. The van der Waals surface area contributed by atoms with Crippen molar-refractivity contribution >= 4 is 27.7 Å². The Morgan fingerprint density at radius 3 is 2.19 bits per heavy atom. The van der Waals surface area contributed by atoms with Gasteiger partial charge >= 0.3 is 10.2 Å². The maximum Gasteiger partial charge on any atom is 0.304 e. The summed E-state index contributed by atoms with van der Waals surface area (Å²) in [6, 6.07) is 11.0. The van der Waals surface area contributed by atoms with Gasteiger partial charge in [0.1, 0.15) is 24.2 Å². The molecule has 11 heteroatoms. The number of benzene rings is 2. The fraction of sp³-hybridized carbons (Fsp3) is 0.440. The number of rotatable bonds is 13. The molecule has 0 aliphatic rings. The van der Waals surface area contributed by atoms with Crippen molar-refractivity contribution in [3.05, 3.63) is 59.9 Å². The van der Waals surface area contributed by atoms with E-state index in [0.29, 0.717) is 12.3 Å². The third-order valence-corrected chi connectivity index (χ3v) is 7.46. The Kier molecular flexibility index (Phi) is 10.7. The highest BCUT2D eigenvalue weighted by Gasteiger charge is 2.32. The van der Waals surface area contributed by atoms with Crippen molar-refractivity contribution in [1.29, 1.82) is 0 Å². The first-order valence-electron chi connectivity index (χ1n) is 11.7. The molecule has 9 nitrogen and oxygen atoms in total. The summed E-state index contributed by atoms with van der Waals surface area (Å²) in [6.07, 6.45) is 1.70. The normalized spacial score (nSPS) is 12.2. The Balaban J connectivity index is 2.40. The summed E-state index contributed by atoms with van der Waals surface area (Å²) >= 11 is 0. The van der Waals surface area contributed by atoms with Crippen LogP contribution in [0, 0.1) is 5.82 Å². The summed E-state index contributed by atoms with van der Waals surface area (Å²) in [5, 5.41) is 2.83. The van der Waals surface area contributed by atoms with Crippen LogP contribution in [0.15, 0.2) is 48.5 Å². The number of carbonyl (C=O) groups is 2. The minimum atomic E-state index is -4.10. The second-order valence-electron chi connectivity index (χ2n) is 8.46. The average molecular weight is 523 g/mol. The van der Waals surface area contributed by atoms with Crippen LogP contribution in [-0.2, 0) is 26.3 Å². The van der Waals surface area contributed by atoms with Crippen molar-refractivity contribution in [2.45, 2.75) is 39.3 Å². The molecular weight excluding hydrogens is 487 g/mol. The Bertz CT molecular complexity index is 1110. The lowest BCUT2D eigenvalue weighted by molar-refractivity contribution is -0.139. The van der Waals surface area contributed by atoms with Crippen molar-refractivity contribution in [3.8, 4) is 5.75 Å². The number of nitrogens with one attached hydrogen (secondary N) is 1. The summed E-state index contributed by atoms with van der Waals surface area (Å²) in [5.41, 5.74) is 0.865. The molecule has 0 bridgehead atoms. The number of hydrogen-bond donors (Lipinski definition) is 1. The van der Waals surface area contributed by atoms with Crippen LogP contribution in [0.5, 0.6) is 5.75 Å². The van der Waals surface area contributed by atoms with Gasteiger partial charge in [-0.3, -0.25) is 9.59 Å². The van der Waals surface area contributed by atoms with Gasteiger partial charge in [-0.25, -0.2) is 8.70 Å². The van der Waals surface area contributed by atoms with E-state index in [9.17, 15) is 22.4 Å². The van der Waals surface area contributed by atoms with Crippen LogP contribution in [0.3, 0.4) is 0 Å². The second kappa shape index (κ2) is 13.2. The number of halogens is 1. The summed E-state index contributed by atoms with van der Waals surface area (Å²) in [6.45, 7) is 3.58. The molecule has 0 saturated heterocycles. The molecule has 1 atom stereocenters. The zero-order valence-corrected chi connectivity index (χ0v) is 22.2. The van der Waals surface area contributed by atoms with Gasteiger partial charge in [0.25, 0.3) is 0 Å². The second-order valence-corrected chi connectivity index (χ2v) is 10.5. The van der Waals surface area contributed by atoms with Gasteiger partial charge in [-0.05, 0) is 55.3 Å². The Labute approximate surface area is 213 Å². The molecule has 0 saturated carbocycles. The number of unbranched alkanes of at least 4 members (excludes halogenated alkanes) is 1. The summed E-state index contributed by atoms with van der Waals surface area (Å²) in [4.78, 5) is 27.8. The van der Waals surface area contributed by atoms with Gasteiger partial charge in [-0.1, -0.05) is 25.5 Å². The zero-order valence-electron chi connectivity index (χ0n) is 21.4. The van der Waals surface area contributed by atoms with E-state index in [1.54, 1.807) is 38.3 Å². The lowest BCUT2D eigenvalue weighted by Gasteiger charge is -2.32. The minimum Gasteiger partial charge on any atom is -0.497 e. The number of hydrogen-bond acceptors (Lipinski definition) is 5. The van der Waals surface area contributed by atoms with Gasteiger partial charge in [0.15, 0.2) is 0 Å². The molecular formula is C25H35FN4O5S. The van der Waals surface area contributed by atoms with Gasteiger partial charge in [0.2, 0.25) is 11.8 Å². The van der Waals surface area contributed by atoms with Crippen LogP contribution in [-0.4, -0.2) is 69.8 Å². The fourth-order valence-electron chi connectivity index (χ4n) is 3.37. The molecule has 2 rings (SSSR count). The molecule has 0 aromatic heterocycles. The molecule has 198 valence electrons. The van der Waals surface area contributed by atoms with Crippen molar-refractivity contribution in [2.24, 2.45) is 0 Å². The maximum absolute atomic E-state index is 13.6. The van der Waals surface area contributed by atoms with E-state index in [1.807, 2.05) is 6.92 Å². The highest BCUT2D eigenvalue weighted by molar-refractivity contribution is 7.90. The molecule has 1 N–H and O–H groups in total. The van der Waals surface area contributed by atoms with Crippen molar-refractivity contribution in [1.82, 2.24) is 14.5 Å². The Hall–Kier alpha value is -3.18. The van der Waals surface area contributed by atoms with Gasteiger partial charge in [-0.15, -0.1) is 0 Å². The standard InChI is InChI=1S/C25H35FN4O5S/c1-6-7-16-27-25(32)19(2)29(17-20-8-14-23(35-5)15-9-20)24(31)18-30(36(33,34)28(3)4)22-12-10-21(26)11-13-22/h8-15,19H,6-7,16-18H2,1-5H3,(H,27,32). The SMILES string of the molecule is CCCCNC(=O)C(C)N(Cc1ccc(OC)cc1)C(=O)CN(c1ccc(F)cc1)S(=O)(=O)N(C)C. The van der Waals surface area contributed by atoms with E-state index >= 15 is 0 Å². The number of nitrogens with zero attached hydrogens (tertiary/aromatic N) is 3. The number of carbonyl (C=O) groups excluding carboxylic acids is 2. The van der Waals surface area contributed by atoms with E-state index in [2.05, 4.69) is 5.32 Å². The molecule has 1 unspecified atom stereocenters. The quantitative estimate of drug-likeness (QED) is 0.408. The largest absolute Gasteiger partial charge is 0.497 e. The Morgan fingerprint density at radius 1 is 1.06 bits per heavy atom. The highest BCUT2D eigenvalue weighted by Crippen LogP contribution is 2.21. The molecule has 2 amide bonds. The number of ether oxygens (including phenoxy) is 1. The zero-order chi connectivity index (χ0) is 26.9. The van der Waals surface area contributed by atoms with E-state index < -0.39 is 34.5 Å². The molecule has 0 heterocycles. The first-order chi connectivity index (χ1) is 17.0. The van der Waals surface area contributed by atoms with Crippen molar-refractivity contribution in [2.75, 3.05) is 38.6 Å². The van der Waals surface area contributed by atoms with Crippen LogP contribution < -0.4 is 14.4 Å². The average Bonchev–Trinajstić information content (AvgIpc) is 2.86. The van der Waals surface area contributed by atoms with Crippen molar-refractivity contribution < 1.29 is 27.1 Å². The van der Waals surface area contributed by atoms with Crippen molar-refractivity contribution in [3.63, 3.8) is 0 Å². The Morgan fingerprint density at radius 2 is 1.67 bits per heavy atom. The van der Waals surface area contributed by atoms with E-state index in [0.717, 1.165) is 39.1 Å². The molecule has 36 heavy (non-hydrogen) atoms. The molecule has 0 spiro atoms. The third-order valence-electron chi connectivity index (χ3n) is 5.64. The smallest absolute Gasteiger partial charge is 0.304 e. The van der Waals surface area contributed by atoms with Crippen LogP contribution in [0.2, 0.25) is 0 Å². The minimum absolute atomic E-state index is 0.0739. The highest BCUT2D eigenvalue weighted by atomic mass is 32.2. The lowest BCUT2D eigenvalue weighted by atomic mass is 10.1. The topological polar surface area (TPSA) is 99.3 Å².